The molecule has 0 bridgehead atoms. The first-order chi connectivity index (χ1) is 10.9. The predicted molar refractivity (Wildman–Crippen MR) is 88.6 cm³/mol. The third kappa shape index (κ3) is 4.94. The van der Waals surface area contributed by atoms with E-state index in [1.807, 2.05) is 31.2 Å². The van der Waals surface area contributed by atoms with Crippen LogP contribution in [0.3, 0.4) is 0 Å². The van der Waals surface area contributed by atoms with Gasteiger partial charge in [-0.05, 0) is 25.8 Å². The third-order valence-corrected chi connectivity index (χ3v) is 5.22. The lowest BCUT2D eigenvalue weighted by Gasteiger charge is -2.30. The molecule has 1 atom stereocenters. The number of carbonyl (C=O) groups is 1. The van der Waals surface area contributed by atoms with Crippen molar-refractivity contribution in [3.05, 3.63) is 29.8 Å². The fourth-order valence-corrected chi connectivity index (χ4v) is 3.64. The van der Waals surface area contributed by atoms with E-state index in [2.05, 4.69) is 5.32 Å². The number of benzene rings is 1. The monoisotopic (exact) mass is 340 g/mol. The molecule has 0 radical (unpaired) electrons. The van der Waals surface area contributed by atoms with Crippen molar-refractivity contribution in [3.8, 4) is 5.75 Å². The fraction of sp³-hybridized carbons (Fsp3) is 0.562. The van der Waals surface area contributed by atoms with Crippen LogP contribution in [-0.4, -0.2) is 44.6 Å². The van der Waals surface area contributed by atoms with Gasteiger partial charge >= 0.3 is 0 Å². The summed E-state index contributed by atoms with van der Waals surface area (Å²) in [5.41, 5.74) is 0.915. The fourth-order valence-electron chi connectivity index (χ4n) is 2.73. The van der Waals surface area contributed by atoms with Crippen LogP contribution in [-0.2, 0) is 21.4 Å². The SMILES string of the molecule is CCOc1ccccc1CNC(=O)[C@@H]1CCCN(S(C)(=O)=O)C1. The molecule has 1 amide bonds. The number of ether oxygens (including phenoxy) is 1. The van der Waals surface area contributed by atoms with E-state index in [9.17, 15) is 13.2 Å². The Morgan fingerprint density at radius 1 is 1.39 bits per heavy atom. The quantitative estimate of drug-likeness (QED) is 0.849. The number of rotatable bonds is 6. The molecule has 0 unspecified atom stereocenters. The number of nitrogens with zero attached hydrogens (tertiary/aromatic N) is 1. The van der Waals surface area contributed by atoms with Gasteiger partial charge in [-0.1, -0.05) is 18.2 Å². The van der Waals surface area contributed by atoms with Gasteiger partial charge in [-0.25, -0.2) is 12.7 Å². The highest BCUT2D eigenvalue weighted by atomic mass is 32.2. The van der Waals surface area contributed by atoms with E-state index < -0.39 is 10.0 Å². The lowest BCUT2D eigenvalue weighted by Crippen LogP contribution is -2.44. The highest BCUT2D eigenvalue weighted by Crippen LogP contribution is 2.20. The zero-order valence-electron chi connectivity index (χ0n) is 13.6. The van der Waals surface area contributed by atoms with Gasteiger partial charge < -0.3 is 10.1 Å². The number of amides is 1. The van der Waals surface area contributed by atoms with E-state index in [4.69, 9.17) is 4.74 Å². The van der Waals surface area contributed by atoms with Gasteiger partial charge in [0.25, 0.3) is 0 Å². The predicted octanol–water partition coefficient (Wildman–Crippen LogP) is 1.37. The minimum atomic E-state index is -3.24. The second-order valence-electron chi connectivity index (χ2n) is 5.72. The van der Waals surface area contributed by atoms with Gasteiger partial charge in [-0.2, -0.15) is 0 Å². The summed E-state index contributed by atoms with van der Waals surface area (Å²) in [7, 11) is -3.24. The first kappa shape index (κ1) is 17.7. The first-order valence-corrected chi connectivity index (χ1v) is 9.70. The molecule has 0 spiro atoms. The highest BCUT2D eigenvalue weighted by Gasteiger charge is 2.30. The van der Waals surface area contributed by atoms with Gasteiger partial charge in [0.2, 0.25) is 15.9 Å². The average molecular weight is 340 g/mol. The van der Waals surface area contributed by atoms with Crippen LogP contribution in [0.5, 0.6) is 5.75 Å². The van der Waals surface area contributed by atoms with Gasteiger partial charge in [0, 0.05) is 25.2 Å². The molecule has 0 aliphatic carbocycles. The summed E-state index contributed by atoms with van der Waals surface area (Å²) >= 11 is 0. The molecule has 1 aromatic carbocycles. The summed E-state index contributed by atoms with van der Waals surface area (Å²) in [4.78, 5) is 12.3. The summed E-state index contributed by atoms with van der Waals surface area (Å²) < 4.78 is 30.2. The topological polar surface area (TPSA) is 75.7 Å². The largest absolute Gasteiger partial charge is 0.494 e. The van der Waals surface area contributed by atoms with Gasteiger partial charge in [0.05, 0.1) is 18.8 Å². The Labute approximate surface area is 137 Å². The normalized spacial score (nSPS) is 19.3. The Balaban J connectivity index is 1.95. The molecule has 7 heteroatoms. The van der Waals surface area contributed by atoms with Crippen molar-refractivity contribution < 1.29 is 17.9 Å². The molecule has 1 aliphatic rings. The van der Waals surface area contributed by atoms with Gasteiger partial charge in [0.15, 0.2) is 0 Å². The maximum Gasteiger partial charge on any atom is 0.224 e. The number of hydrogen-bond acceptors (Lipinski definition) is 4. The summed E-state index contributed by atoms with van der Waals surface area (Å²) in [6.07, 6.45) is 2.61. The molecule has 1 heterocycles. The molecule has 2 rings (SSSR count). The minimum Gasteiger partial charge on any atom is -0.494 e. The number of sulfonamides is 1. The van der Waals surface area contributed by atoms with Gasteiger partial charge in [-0.3, -0.25) is 4.79 Å². The standard InChI is InChI=1S/C16H24N2O4S/c1-3-22-15-9-5-4-7-13(15)11-17-16(19)14-8-6-10-18(12-14)23(2,20)21/h4-5,7,9,14H,3,6,8,10-12H2,1-2H3,(H,17,19)/t14-/m1/s1. The van der Waals surface area contributed by atoms with Crippen LogP contribution in [0.15, 0.2) is 24.3 Å². The highest BCUT2D eigenvalue weighted by molar-refractivity contribution is 7.88. The van der Waals surface area contributed by atoms with Crippen molar-refractivity contribution >= 4 is 15.9 Å². The lowest BCUT2D eigenvalue weighted by atomic mass is 9.98. The molecule has 23 heavy (non-hydrogen) atoms. The van der Waals surface area contributed by atoms with Crippen LogP contribution in [0.2, 0.25) is 0 Å². The maximum absolute atomic E-state index is 12.3. The van der Waals surface area contributed by atoms with Gasteiger partial charge in [0.1, 0.15) is 5.75 Å². The van der Waals surface area contributed by atoms with E-state index in [1.54, 1.807) is 0 Å². The van der Waals surface area contributed by atoms with Crippen molar-refractivity contribution in [3.63, 3.8) is 0 Å². The molecule has 128 valence electrons. The number of hydrogen-bond donors (Lipinski definition) is 1. The zero-order chi connectivity index (χ0) is 16.9. The summed E-state index contributed by atoms with van der Waals surface area (Å²) in [5.74, 6) is 0.360. The van der Waals surface area contributed by atoms with Crippen LogP contribution >= 0.6 is 0 Å². The number of para-hydroxylation sites is 1. The molecule has 1 aromatic rings. The Morgan fingerprint density at radius 3 is 2.83 bits per heavy atom. The molecule has 1 N–H and O–H groups in total. The number of carbonyl (C=O) groups excluding carboxylic acids is 1. The molecular weight excluding hydrogens is 316 g/mol. The van der Waals surface area contributed by atoms with Crippen molar-refractivity contribution in [2.45, 2.75) is 26.3 Å². The minimum absolute atomic E-state index is 0.107. The summed E-state index contributed by atoms with van der Waals surface area (Å²) in [6, 6.07) is 7.57. The second kappa shape index (κ2) is 7.79. The Bertz CT molecular complexity index is 645. The average Bonchev–Trinajstić information content (AvgIpc) is 2.53. The van der Waals surface area contributed by atoms with Crippen molar-refractivity contribution in [2.24, 2.45) is 5.92 Å². The van der Waals surface area contributed by atoms with E-state index in [0.29, 0.717) is 32.5 Å². The molecule has 1 saturated heterocycles. The van der Waals surface area contributed by atoms with Crippen LogP contribution in [0.25, 0.3) is 0 Å². The zero-order valence-corrected chi connectivity index (χ0v) is 14.4. The van der Waals surface area contributed by atoms with Crippen LogP contribution < -0.4 is 10.1 Å². The molecule has 1 aliphatic heterocycles. The van der Waals surface area contributed by atoms with E-state index in [1.165, 1.54) is 10.6 Å². The Hall–Kier alpha value is -1.60. The molecule has 0 aromatic heterocycles. The van der Waals surface area contributed by atoms with Crippen LogP contribution in [0.1, 0.15) is 25.3 Å². The van der Waals surface area contributed by atoms with E-state index in [0.717, 1.165) is 11.3 Å². The third-order valence-electron chi connectivity index (χ3n) is 3.95. The molecule has 6 nitrogen and oxygen atoms in total. The van der Waals surface area contributed by atoms with Crippen LogP contribution in [0, 0.1) is 5.92 Å². The second-order valence-corrected chi connectivity index (χ2v) is 7.70. The smallest absolute Gasteiger partial charge is 0.224 e. The van der Waals surface area contributed by atoms with Crippen LogP contribution in [0.4, 0.5) is 0 Å². The Morgan fingerprint density at radius 2 is 2.13 bits per heavy atom. The van der Waals surface area contributed by atoms with Crippen molar-refractivity contribution in [1.29, 1.82) is 0 Å². The van der Waals surface area contributed by atoms with Crippen molar-refractivity contribution in [1.82, 2.24) is 9.62 Å². The number of piperidine rings is 1. The molecule has 1 fully saturated rings. The van der Waals surface area contributed by atoms with E-state index >= 15 is 0 Å². The number of nitrogens with one attached hydrogen (secondary N) is 1. The maximum atomic E-state index is 12.3. The molecular formula is C16H24N2O4S. The van der Waals surface area contributed by atoms with E-state index in [-0.39, 0.29) is 18.4 Å². The molecule has 0 saturated carbocycles. The van der Waals surface area contributed by atoms with Crippen molar-refractivity contribution in [2.75, 3.05) is 26.0 Å². The first-order valence-electron chi connectivity index (χ1n) is 7.85. The summed E-state index contributed by atoms with van der Waals surface area (Å²) in [6.45, 7) is 3.62. The Kier molecular flexibility index (Phi) is 6.01. The lowest BCUT2D eigenvalue weighted by molar-refractivity contribution is -0.126. The van der Waals surface area contributed by atoms with Gasteiger partial charge in [-0.15, -0.1) is 0 Å². The summed E-state index contributed by atoms with van der Waals surface area (Å²) in [5, 5.41) is 2.90.